The maximum atomic E-state index is 13.2. The van der Waals surface area contributed by atoms with E-state index < -0.39 is 41.4 Å². The first-order valence-corrected chi connectivity index (χ1v) is 10.5. The molecule has 0 bridgehead atoms. The van der Waals surface area contributed by atoms with E-state index in [0.717, 1.165) is 9.80 Å². The van der Waals surface area contributed by atoms with E-state index in [9.17, 15) is 24.0 Å². The van der Waals surface area contributed by atoms with Crippen LogP contribution in [0.25, 0.3) is 0 Å². The van der Waals surface area contributed by atoms with Gasteiger partial charge < -0.3 is 9.47 Å². The second-order valence-electron chi connectivity index (χ2n) is 8.11. The Hall–Kier alpha value is -4.54. The van der Waals surface area contributed by atoms with Crippen LogP contribution >= 0.6 is 0 Å². The topological polar surface area (TPSA) is 135 Å². The summed E-state index contributed by atoms with van der Waals surface area (Å²) in [6.07, 6.45) is -0.222. The van der Waals surface area contributed by atoms with Crippen molar-refractivity contribution in [3.8, 4) is 11.5 Å². The Morgan fingerprint density at radius 3 is 2.41 bits per heavy atom. The Morgan fingerprint density at radius 2 is 1.68 bits per heavy atom. The molecule has 11 heteroatoms. The van der Waals surface area contributed by atoms with Crippen LogP contribution < -0.4 is 19.8 Å². The second kappa shape index (κ2) is 7.24. The Morgan fingerprint density at radius 1 is 0.971 bits per heavy atom. The SMILES string of the molecule is O=C(CCN1C(=O)c2ccccc2C1=O)C1=NN[C@@H]2C(=O)N(c3ccc4c(c3)OCO4)C(=O)[C@H]12. The highest BCUT2D eigenvalue weighted by atomic mass is 16.7. The van der Waals surface area contributed by atoms with E-state index in [4.69, 9.17) is 9.47 Å². The molecule has 1 fully saturated rings. The molecular weight excluding hydrogens is 444 g/mol. The van der Waals surface area contributed by atoms with Gasteiger partial charge >= 0.3 is 0 Å². The highest BCUT2D eigenvalue weighted by Gasteiger charge is 2.55. The van der Waals surface area contributed by atoms with E-state index in [1.165, 1.54) is 6.07 Å². The van der Waals surface area contributed by atoms with Crippen molar-refractivity contribution in [3.63, 3.8) is 0 Å². The van der Waals surface area contributed by atoms with Gasteiger partial charge in [0.05, 0.1) is 16.8 Å². The highest BCUT2D eigenvalue weighted by molar-refractivity contribution is 6.48. The van der Waals surface area contributed by atoms with Gasteiger partial charge in [0.25, 0.3) is 17.7 Å². The zero-order valence-corrected chi connectivity index (χ0v) is 17.5. The minimum absolute atomic E-state index is 0.0475. The number of anilines is 1. The summed E-state index contributed by atoms with van der Waals surface area (Å²) in [6, 6.07) is 10.1. The number of ether oxygens (including phenoxy) is 2. The van der Waals surface area contributed by atoms with Gasteiger partial charge in [-0.25, -0.2) is 4.90 Å². The number of imide groups is 2. The van der Waals surface area contributed by atoms with Gasteiger partial charge in [0.1, 0.15) is 17.7 Å². The first-order valence-electron chi connectivity index (χ1n) is 10.5. The molecule has 170 valence electrons. The zero-order chi connectivity index (χ0) is 23.6. The third-order valence-electron chi connectivity index (χ3n) is 6.27. The molecule has 2 atom stereocenters. The van der Waals surface area contributed by atoms with Gasteiger partial charge in [-0.05, 0) is 24.3 Å². The molecule has 1 N–H and O–H groups in total. The van der Waals surface area contributed by atoms with Gasteiger partial charge in [-0.3, -0.25) is 34.3 Å². The van der Waals surface area contributed by atoms with Crippen molar-refractivity contribution in [1.82, 2.24) is 10.3 Å². The normalized spacial score (nSPS) is 22.2. The number of nitrogens with one attached hydrogen (secondary N) is 1. The van der Waals surface area contributed by atoms with Gasteiger partial charge in [0.15, 0.2) is 17.3 Å². The quantitative estimate of drug-likeness (QED) is 0.637. The Bertz CT molecular complexity index is 1320. The van der Waals surface area contributed by atoms with E-state index >= 15 is 0 Å². The van der Waals surface area contributed by atoms with Crippen molar-refractivity contribution in [2.75, 3.05) is 18.2 Å². The number of fused-ring (bicyclic) bond motifs is 3. The number of Topliss-reactive ketones (excluding diaryl/α,β-unsaturated/α-hetero) is 1. The molecule has 0 spiro atoms. The predicted molar refractivity (Wildman–Crippen MR) is 114 cm³/mol. The van der Waals surface area contributed by atoms with Crippen molar-refractivity contribution in [2.45, 2.75) is 12.5 Å². The zero-order valence-electron chi connectivity index (χ0n) is 17.5. The molecule has 2 aromatic rings. The van der Waals surface area contributed by atoms with Crippen LogP contribution in [0.4, 0.5) is 5.69 Å². The van der Waals surface area contributed by atoms with Crippen molar-refractivity contribution < 1.29 is 33.4 Å². The van der Waals surface area contributed by atoms with Crippen LogP contribution in [0, 0.1) is 5.92 Å². The first kappa shape index (κ1) is 20.1. The Labute approximate surface area is 191 Å². The molecule has 4 amide bonds. The number of carbonyl (C=O) groups excluding carboxylic acids is 5. The number of amides is 4. The molecule has 34 heavy (non-hydrogen) atoms. The Kier molecular flexibility index (Phi) is 4.28. The molecule has 2 aromatic carbocycles. The van der Waals surface area contributed by atoms with Crippen LogP contribution in [0.3, 0.4) is 0 Å². The van der Waals surface area contributed by atoms with Crippen LogP contribution in [0.5, 0.6) is 11.5 Å². The number of nitrogens with zero attached hydrogens (tertiary/aromatic N) is 3. The molecule has 6 rings (SSSR count). The number of hydrazone groups is 1. The third kappa shape index (κ3) is 2.76. The maximum Gasteiger partial charge on any atom is 0.261 e. The lowest BCUT2D eigenvalue weighted by Gasteiger charge is -2.16. The standard InChI is InChI=1S/C23H16N4O7/c28-14(7-8-26-20(29)12-3-1-2-4-13(12)21(26)30)18-17-19(25-24-18)23(32)27(22(17)31)11-5-6-15-16(9-11)34-10-33-15/h1-6,9,17,19,25H,7-8,10H2/t17-,19+/m1/s1. The van der Waals surface area contributed by atoms with Gasteiger partial charge in [-0.15, -0.1) is 0 Å². The number of carbonyl (C=O) groups is 5. The lowest BCUT2D eigenvalue weighted by Crippen LogP contribution is -2.36. The van der Waals surface area contributed by atoms with Crippen molar-refractivity contribution in [3.05, 3.63) is 53.6 Å². The molecular formula is C23H16N4O7. The van der Waals surface area contributed by atoms with Gasteiger partial charge in [0, 0.05) is 19.0 Å². The van der Waals surface area contributed by atoms with E-state index in [1.807, 2.05) is 0 Å². The maximum absolute atomic E-state index is 13.2. The van der Waals surface area contributed by atoms with Crippen LogP contribution in [0.1, 0.15) is 27.1 Å². The molecule has 4 aliphatic heterocycles. The summed E-state index contributed by atoms with van der Waals surface area (Å²) in [5.74, 6) is -2.77. The molecule has 0 unspecified atom stereocenters. The number of hydrogen-bond donors (Lipinski definition) is 1. The molecule has 0 radical (unpaired) electrons. The minimum atomic E-state index is -1.09. The summed E-state index contributed by atoms with van der Waals surface area (Å²) in [5.41, 5.74) is 3.37. The Balaban J connectivity index is 1.18. The molecule has 0 aromatic heterocycles. The number of ketones is 1. The van der Waals surface area contributed by atoms with Gasteiger partial charge in [-0.2, -0.15) is 5.10 Å². The molecule has 4 heterocycles. The van der Waals surface area contributed by atoms with Crippen molar-refractivity contribution in [1.29, 1.82) is 0 Å². The number of rotatable bonds is 5. The number of benzene rings is 2. The predicted octanol–water partition coefficient (Wildman–Crippen LogP) is 0.488. The van der Waals surface area contributed by atoms with Crippen LogP contribution in [-0.4, -0.2) is 59.4 Å². The van der Waals surface area contributed by atoms with E-state index in [-0.39, 0.29) is 36.6 Å². The smallest absolute Gasteiger partial charge is 0.261 e. The van der Waals surface area contributed by atoms with Crippen LogP contribution in [0.2, 0.25) is 0 Å². The lowest BCUT2D eigenvalue weighted by molar-refractivity contribution is -0.122. The fourth-order valence-corrected chi connectivity index (χ4v) is 4.58. The summed E-state index contributed by atoms with van der Waals surface area (Å²) in [4.78, 5) is 66.1. The molecule has 0 saturated carbocycles. The van der Waals surface area contributed by atoms with E-state index in [1.54, 1.807) is 36.4 Å². The lowest BCUT2D eigenvalue weighted by atomic mass is 9.94. The van der Waals surface area contributed by atoms with Gasteiger partial charge in [0.2, 0.25) is 12.7 Å². The highest BCUT2D eigenvalue weighted by Crippen LogP contribution is 2.38. The molecule has 0 aliphatic carbocycles. The number of hydrogen-bond acceptors (Lipinski definition) is 9. The second-order valence-corrected chi connectivity index (χ2v) is 8.11. The molecule has 1 saturated heterocycles. The van der Waals surface area contributed by atoms with Crippen LogP contribution in [-0.2, 0) is 14.4 Å². The van der Waals surface area contributed by atoms with Crippen LogP contribution in [0.15, 0.2) is 47.6 Å². The third-order valence-corrected chi connectivity index (χ3v) is 6.27. The minimum Gasteiger partial charge on any atom is -0.454 e. The first-order chi connectivity index (χ1) is 16.5. The summed E-state index contributed by atoms with van der Waals surface area (Å²) in [5, 5.41) is 3.95. The average Bonchev–Trinajstić information content (AvgIpc) is 3.59. The van der Waals surface area contributed by atoms with Gasteiger partial charge in [-0.1, -0.05) is 12.1 Å². The molecule has 4 aliphatic rings. The monoisotopic (exact) mass is 460 g/mol. The fraction of sp³-hybridized carbons (Fsp3) is 0.217. The molecule has 11 nitrogen and oxygen atoms in total. The van der Waals surface area contributed by atoms with E-state index in [0.29, 0.717) is 17.2 Å². The summed E-state index contributed by atoms with van der Waals surface area (Å²) < 4.78 is 10.6. The van der Waals surface area contributed by atoms with Crippen molar-refractivity contribution in [2.24, 2.45) is 11.0 Å². The largest absolute Gasteiger partial charge is 0.454 e. The average molecular weight is 460 g/mol. The van der Waals surface area contributed by atoms with E-state index in [2.05, 4.69) is 10.5 Å². The summed E-state index contributed by atoms with van der Waals surface area (Å²) in [6.45, 7) is -0.110. The summed E-state index contributed by atoms with van der Waals surface area (Å²) in [7, 11) is 0. The summed E-state index contributed by atoms with van der Waals surface area (Å²) >= 11 is 0. The van der Waals surface area contributed by atoms with Crippen molar-refractivity contribution >= 4 is 40.8 Å². The fourth-order valence-electron chi connectivity index (χ4n) is 4.58.